The van der Waals surface area contributed by atoms with Crippen LogP contribution in [0.15, 0.2) is 43.9 Å². The van der Waals surface area contributed by atoms with Gasteiger partial charge in [-0.3, -0.25) is 0 Å². The van der Waals surface area contributed by atoms with Crippen LogP contribution in [-0.2, 0) is 0 Å². The summed E-state index contributed by atoms with van der Waals surface area (Å²) in [6.45, 7) is 13.9. The lowest BCUT2D eigenvalue weighted by Gasteiger charge is -2.35. The van der Waals surface area contributed by atoms with Crippen LogP contribution in [0.1, 0.15) is 41.5 Å². The van der Waals surface area contributed by atoms with Crippen LogP contribution in [0.25, 0.3) is 0 Å². The fourth-order valence-corrected chi connectivity index (χ4v) is 6.09. The van der Waals surface area contributed by atoms with Crippen molar-refractivity contribution in [2.45, 2.75) is 51.3 Å². The third-order valence-corrected chi connectivity index (χ3v) is 5.52. The average Bonchev–Trinajstić information content (AvgIpc) is 2.54. The first kappa shape index (κ1) is 14.1. The number of benzene rings is 1. The summed E-state index contributed by atoms with van der Waals surface area (Å²) in [5, 5.41) is 0. The molecule has 1 aromatic carbocycles. The van der Waals surface area contributed by atoms with Crippen molar-refractivity contribution in [1.82, 2.24) is 0 Å². The molecule has 0 fully saturated rings. The van der Waals surface area contributed by atoms with Gasteiger partial charge in [0, 0.05) is 9.79 Å². The zero-order chi connectivity index (χ0) is 13.6. The Hall–Kier alpha value is -0.340. The molecule has 0 saturated carbocycles. The van der Waals surface area contributed by atoms with Crippen molar-refractivity contribution in [2.75, 3.05) is 0 Å². The fraction of sp³-hybridized carbons (Fsp3) is 0.500. The molecule has 1 aliphatic heterocycles. The molecular formula is C16H22S2. The molecule has 2 heteroatoms. The van der Waals surface area contributed by atoms with Crippen LogP contribution < -0.4 is 0 Å². The van der Waals surface area contributed by atoms with E-state index in [0.29, 0.717) is 0 Å². The first-order valence-corrected chi connectivity index (χ1v) is 8.03. The van der Waals surface area contributed by atoms with Gasteiger partial charge in [-0.1, -0.05) is 77.2 Å². The SMILES string of the molecule is CC(C)(C)C(=C1Sc2ccccc2S1)C(C)(C)C. The second-order valence-electron chi connectivity index (χ2n) is 6.81. The van der Waals surface area contributed by atoms with E-state index in [1.165, 1.54) is 14.0 Å². The zero-order valence-corrected chi connectivity index (χ0v) is 13.8. The van der Waals surface area contributed by atoms with E-state index in [4.69, 9.17) is 0 Å². The topological polar surface area (TPSA) is 0 Å². The quantitative estimate of drug-likeness (QED) is 0.555. The molecule has 0 aromatic heterocycles. The van der Waals surface area contributed by atoms with Crippen LogP contribution in [0.4, 0.5) is 0 Å². The normalized spacial score (nSPS) is 15.8. The lowest BCUT2D eigenvalue weighted by molar-refractivity contribution is 0.363. The summed E-state index contributed by atoms with van der Waals surface area (Å²) >= 11 is 3.88. The van der Waals surface area contributed by atoms with E-state index in [-0.39, 0.29) is 10.8 Å². The van der Waals surface area contributed by atoms with Gasteiger partial charge in [0.15, 0.2) is 0 Å². The highest BCUT2D eigenvalue weighted by atomic mass is 32.2. The minimum Gasteiger partial charge on any atom is -0.0815 e. The van der Waals surface area contributed by atoms with Gasteiger partial charge in [0.05, 0.1) is 4.24 Å². The summed E-state index contributed by atoms with van der Waals surface area (Å²) in [6, 6.07) is 8.71. The third-order valence-electron chi connectivity index (χ3n) is 2.96. The minimum atomic E-state index is 0.218. The summed E-state index contributed by atoms with van der Waals surface area (Å²) in [5.41, 5.74) is 2.01. The number of hydrogen-bond donors (Lipinski definition) is 0. The molecule has 0 amide bonds. The van der Waals surface area contributed by atoms with E-state index in [9.17, 15) is 0 Å². The van der Waals surface area contributed by atoms with E-state index in [1.807, 2.05) is 23.5 Å². The lowest BCUT2D eigenvalue weighted by Crippen LogP contribution is -2.23. The summed E-state index contributed by atoms with van der Waals surface area (Å²) in [6.07, 6.45) is 0. The van der Waals surface area contributed by atoms with Gasteiger partial charge < -0.3 is 0 Å². The molecule has 1 aliphatic rings. The number of fused-ring (bicyclic) bond motifs is 1. The summed E-state index contributed by atoms with van der Waals surface area (Å²) in [4.78, 5) is 2.81. The van der Waals surface area contributed by atoms with E-state index < -0.39 is 0 Å². The Balaban J connectivity index is 2.49. The largest absolute Gasteiger partial charge is 0.0815 e. The van der Waals surface area contributed by atoms with Crippen LogP contribution >= 0.6 is 23.5 Å². The lowest BCUT2D eigenvalue weighted by atomic mass is 9.73. The number of hydrogen-bond acceptors (Lipinski definition) is 2. The Morgan fingerprint density at radius 2 is 1.17 bits per heavy atom. The van der Waals surface area contributed by atoms with E-state index in [0.717, 1.165) is 0 Å². The van der Waals surface area contributed by atoms with Gasteiger partial charge in [-0.2, -0.15) is 0 Å². The van der Waals surface area contributed by atoms with Crippen molar-refractivity contribution < 1.29 is 0 Å². The van der Waals surface area contributed by atoms with Crippen molar-refractivity contribution >= 4 is 23.5 Å². The van der Waals surface area contributed by atoms with Gasteiger partial charge in [-0.05, 0) is 28.5 Å². The predicted octanol–water partition coefficient (Wildman–Crippen LogP) is 6.19. The molecular weight excluding hydrogens is 256 g/mol. The average molecular weight is 278 g/mol. The van der Waals surface area contributed by atoms with Gasteiger partial charge in [0.25, 0.3) is 0 Å². The molecule has 0 spiro atoms. The van der Waals surface area contributed by atoms with Crippen molar-refractivity contribution in [3.63, 3.8) is 0 Å². The highest BCUT2D eigenvalue weighted by Gasteiger charge is 2.34. The zero-order valence-electron chi connectivity index (χ0n) is 12.1. The Morgan fingerprint density at radius 1 is 0.778 bits per heavy atom. The third kappa shape index (κ3) is 2.80. The standard InChI is InChI=1S/C16H22S2/c1-15(2,3)13(16(4,5)6)14-17-11-9-7-8-10-12(11)18-14/h7-10H,1-6H3. The highest BCUT2D eigenvalue weighted by molar-refractivity contribution is 8.24. The number of thioether (sulfide) groups is 2. The molecule has 0 nitrogen and oxygen atoms in total. The van der Waals surface area contributed by atoms with Crippen LogP contribution in [-0.4, -0.2) is 0 Å². The monoisotopic (exact) mass is 278 g/mol. The molecule has 0 radical (unpaired) electrons. The molecule has 1 heterocycles. The predicted molar refractivity (Wildman–Crippen MR) is 84.1 cm³/mol. The van der Waals surface area contributed by atoms with Crippen molar-refractivity contribution in [3.8, 4) is 0 Å². The Morgan fingerprint density at radius 3 is 1.50 bits per heavy atom. The Kier molecular flexibility index (Phi) is 3.63. The van der Waals surface area contributed by atoms with Crippen molar-refractivity contribution in [1.29, 1.82) is 0 Å². The molecule has 98 valence electrons. The smallest absolute Gasteiger partial charge is 0.0502 e. The Labute approximate surface area is 120 Å². The van der Waals surface area contributed by atoms with Gasteiger partial charge in [-0.25, -0.2) is 0 Å². The second kappa shape index (κ2) is 4.64. The highest BCUT2D eigenvalue weighted by Crippen LogP contribution is 2.57. The van der Waals surface area contributed by atoms with Crippen molar-refractivity contribution in [3.05, 3.63) is 34.1 Å². The van der Waals surface area contributed by atoms with Crippen LogP contribution in [0, 0.1) is 10.8 Å². The summed E-state index contributed by atoms with van der Waals surface area (Å²) in [7, 11) is 0. The van der Waals surface area contributed by atoms with E-state index >= 15 is 0 Å². The van der Waals surface area contributed by atoms with Gasteiger partial charge in [0.1, 0.15) is 0 Å². The maximum Gasteiger partial charge on any atom is 0.0502 e. The van der Waals surface area contributed by atoms with E-state index in [1.54, 1.807) is 5.57 Å². The maximum absolute atomic E-state index is 2.32. The minimum absolute atomic E-state index is 0.218. The molecule has 18 heavy (non-hydrogen) atoms. The van der Waals surface area contributed by atoms with Crippen LogP contribution in [0.3, 0.4) is 0 Å². The molecule has 0 unspecified atom stereocenters. The first-order valence-electron chi connectivity index (χ1n) is 6.39. The molecule has 0 aliphatic carbocycles. The molecule has 2 rings (SSSR count). The van der Waals surface area contributed by atoms with Crippen LogP contribution in [0.2, 0.25) is 0 Å². The molecule has 0 saturated heterocycles. The summed E-state index contributed by atoms with van der Waals surface area (Å²) in [5.74, 6) is 0. The molecule has 0 bridgehead atoms. The van der Waals surface area contributed by atoms with E-state index in [2.05, 4.69) is 65.8 Å². The number of allylic oxidation sites excluding steroid dienone is 1. The first-order chi connectivity index (χ1) is 8.19. The molecule has 0 N–H and O–H groups in total. The Bertz CT molecular complexity index is 442. The summed E-state index contributed by atoms with van der Waals surface area (Å²) < 4.78 is 1.48. The van der Waals surface area contributed by atoms with Gasteiger partial charge >= 0.3 is 0 Å². The van der Waals surface area contributed by atoms with Gasteiger partial charge in [-0.15, -0.1) is 0 Å². The van der Waals surface area contributed by atoms with Gasteiger partial charge in [0.2, 0.25) is 0 Å². The van der Waals surface area contributed by atoms with Crippen LogP contribution in [0.5, 0.6) is 0 Å². The fourth-order valence-electron chi connectivity index (χ4n) is 2.68. The molecule has 1 aromatic rings. The second-order valence-corrected chi connectivity index (χ2v) is 9.18. The molecule has 0 atom stereocenters. The maximum atomic E-state index is 2.32. The van der Waals surface area contributed by atoms with Crippen molar-refractivity contribution in [2.24, 2.45) is 10.8 Å². The number of rotatable bonds is 0.